The van der Waals surface area contributed by atoms with Gasteiger partial charge >= 0.3 is 5.97 Å². The minimum atomic E-state index is -0.997. The van der Waals surface area contributed by atoms with Gasteiger partial charge in [-0.15, -0.1) is 0 Å². The maximum absolute atomic E-state index is 11.9. The molecule has 0 radical (unpaired) electrons. The number of carbonyl (C=O) groups excluding carboxylic acids is 1. The van der Waals surface area contributed by atoms with Crippen LogP contribution in [0.5, 0.6) is 0 Å². The number of aliphatic carboxylic acids is 1. The first kappa shape index (κ1) is 14.2. The summed E-state index contributed by atoms with van der Waals surface area (Å²) in [4.78, 5) is 28.7. The normalized spacial score (nSPS) is 11.9. The Balaban J connectivity index is 2.82. The van der Waals surface area contributed by atoms with Gasteiger partial charge in [0.25, 0.3) is 0 Å². The van der Waals surface area contributed by atoms with Crippen LogP contribution in [0.2, 0.25) is 0 Å². The van der Waals surface area contributed by atoms with E-state index in [2.05, 4.69) is 4.98 Å². The maximum atomic E-state index is 11.9. The van der Waals surface area contributed by atoms with Gasteiger partial charge in [0, 0.05) is 31.9 Å². The zero-order valence-corrected chi connectivity index (χ0v) is 10.7. The first-order valence-corrected chi connectivity index (χ1v) is 6.00. The molecule has 1 heterocycles. The second kappa shape index (κ2) is 6.74. The Kier molecular flexibility index (Phi) is 5.30. The van der Waals surface area contributed by atoms with Crippen LogP contribution in [0.1, 0.15) is 31.7 Å². The van der Waals surface area contributed by atoms with E-state index in [4.69, 9.17) is 0 Å². The molecule has 98 valence electrons. The van der Waals surface area contributed by atoms with Crippen molar-refractivity contribution < 1.29 is 14.7 Å². The zero-order chi connectivity index (χ0) is 13.5. The number of hydrogen-bond acceptors (Lipinski definition) is 3. The summed E-state index contributed by atoms with van der Waals surface area (Å²) in [6.45, 7) is 4.94. The number of rotatable bonds is 6. The van der Waals surface area contributed by atoms with Gasteiger partial charge in [0.05, 0.1) is 5.92 Å². The van der Waals surface area contributed by atoms with Crippen LogP contribution < -0.4 is 0 Å². The monoisotopic (exact) mass is 250 g/mol. The smallest absolute Gasteiger partial charge is 0.311 e. The molecule has 0 bridgehead atoms. The first-order chi connectivity index (χ1) is 8.60. The van der Waals surface area contributed by atoms with Gasteiger partial charge in [-0.3, -0.25) is 14.6 Å². The third kappa shape index (κ3) is 3.55. The standard InChI is InChI=1S/C13H18N2O3/c1-3-15(4-2)12(16)8-11(13(17)18)10-6-5-7-14-9-10/h5-7,9,11H,3-4,8H2,1-2H3,(H,17,18). The van der Waals surface area contributed by atoms with Gasteiger partial charge < -0.3 is 10.0 Å². The Morgan fingerprint density at radius 3 is 2.50 bits per heavy atom. The van der Waals surface area contributed by atoms with E-state index in [0.717, 1.165) is 0 Å². The molecule has 1 N–H and O–H groups in total. The van der Waals surface area contributed by atoms with Crippen molar-refractivity contribution in [2.45, 2.75) is 26.2 Å². The van der Waals surface area contributed by atoms with E-state index in [1.165, 1.54) is 6.20 Å². The van der Waals surface area contributed by atoms with E-state index in [-0.39, 0.29) is 12.3 Å². The van der Waals surface area contributed by atoms with Gasteiger partial charge in [-0.25, -0.2) is 0 Å². The highest BCUT2D eigenvalue weighted by atomic mass is 16.4. The minimum absolute atomic E-state index is 0.0251. The lowest BCUT2D eigenvalue weighted by Crippen LogP contribution is -2.32. The number of carboxylic acids is 1. The van der Waals surface area contributed by atoms with Crippen LogP contribution in [0.25, 0.3) is 0 Å². The number of hydrogen-bond donors (Lipinski definition) is 1. The molecule has 5 heteroatoms. The molecule has 0 aliphatic heterocycles. The Morgan fingerprint density at radius 2 is 2.06 bits per heavy atom. The van der Waals surface area contributed by atoms with E-state index in [9.17, 15) is 14.7 Å². The molecule has 1 amide bonds. The summed E-state index contributed by atoms with van der Waals surface area (Å²) in [5.41, 5.74) is 0.561. The fraction of sp³-hybridized carbons (Fsp3) is 0.462. The number of aromatic nitrogens is 1. The molecule has 5 nitrogen and oxygen atoms in total. The molecule has 1 unspecified atom stereocenters. The van der Waals surface area contributed by atoms with Gasteiger partial charge in [-0.05, 0) is 25.5 Å². The lowest BCUT2D eigenvalue weighted by molar-refractivity contribution is -0.142. The predicted octanol–water partition coefficient (Wildman–Crippen LogP) is 1.51. The van der Waals surface area contributed by atoms with E-state index in [1.807, 2.05) is 13.8 Å². The van der Waals surface area contributed by atoms with Crippen LogP contribution in [-0.4, -0.2) is 40.0 Å². The topological polar surface area (TPSA) is 70.5 Å². The van der Waals surface area contributed by atoms with Crippen molar-refractivity contribution in [3.63, 3.8) is 0 Å². The quantitative estimate of drug-likeness (QED) is 0.830. The van der Waals surface area contributed by atoms with Gasteiger partial charge in [0.15, 0.2) is 0 Å². The fourth-order valence-electron chi connectivity index (χ4n) is 1.81. The largest absolute Gasteiger partial charge is 0.481 e. The Bertz CT molecular complexity index is 402. The van der Waals surface area contributed by atoms with Crippen molar-refractivity contribution in [3.05, 3.63) is 30.1 Å². The summed E-state index contributed by atoms with van der Waals surface area (Å²) in [6, 6.07) is 3.36. The van der Waals surface area contributed by atoms with E-state index < -0.39 is 11.9 Å². The number of nitrogens with zero attached hydrogens (tertiary/aromatic N) is 2. The molecule has 0 saturated carbocycles. The van der Waals surface area contributed by atoms with E-state index >= 15 is 0 Å². The summed E-state index contributed by atoms with van der Waals surface area (Å²) in [5.74, 6) is -1.97. The highest BCUT2D eigenvalue weighted by molar-refractivity contribution is 5.85. The zero-order valence-electron chi connectivity index (χ0n) is 10.7. The second-order valence-corrected chi connectivity index (χ2v) is 3.95. The van der Waals surface area contributed by atoms with Crippen LogP contribution in [-0.2, 0) is 9.59 Å². The number of carboxylic acid groups (broad SMARTS) is 1. The third-order valence-corrected chi connectivity index (χ3v) is 2.88. The summed E-state index contributed by atoms with van der Waals surface area (Å²) < 4.78 is 0. The number of pyridine rings is 1. The molecule has 0 aliphatic rings. The van der Waals surface area contributed by atoms with Crippen molar-refractivity contribution in [1.82, 2.24) is 9.88 Å². The summed E-state index contributed by atoms with van der Waals surface area (Å²) in [5, 5.41) is 9.20. The molecule has 1 aromatic rings. The predicted molar refractivity (Wildman–Crippen MR) is 67.2 cm³/mol. The molecule has 0 fully saturated rings. The number of carbonyl (C=O) groups is 2. The summed E-state index contributed by atoms with van der Waals surface area (Å²) in [6.07, 6.45) is 3.05. The van der Waals surface area contributed by atoms with Gasteiger partial charge in [-0.1, -0.05) is 6.07 Å². The summed E-state index contributed by atoms with van der Waals surface area (Å²) in [7, 11) is 0. The van der Waals surface area contributed by atoms with Gasteiger partial charge in [0.1, 0.15) is 0 Å². The van der Waals surface area contributed by atoms with Crippen LogP contribution >= 0.6 is 0 Å². The lowest BCUT2D eigenvalue weighted by atomic mass is 9.97. The Morgan fingerprint density at radius 1 is 1.39 bits per heavy atom. The molecule has 0 saturated heterocycles. The average molecular weight is 250 g/mol. The lowest BCUT2D eigenvalue weighted by Gasteiger charge is -2.21. The van der Waals surface area contributed by atoms with E-state index in [0.29, 0.717) is 18.7 Å². The van der Waals surface area contributed by atoms with Crippen molar-refractivity contribution in [3.8, 4) is 0 Å². The van der Waals surface area contributed by atoms with Crippen molar-refractivity contribution >= 4 is 11.9 Å². The molecule has 18 heavy (non-hydrogen) atoms. The van der Waals surface area contributed by atoms with Crippen LogP contribution in [0, 0.1) is 0 Å². The molecule has 1 atom stereocenters. The third-order valence-electron chi connectivity index (χ3n) is 2.88. The van der Waals surface area contributed by atoms with Crippen molar-refractivity contribution in [2.75, 3.05) is 13.1 Å². The molecule has 0 aromatic carbocycles. The Labute approximate surface area is 106 Å². The highest BCUT2D eigenvalue weighted by Gasteiger charge is 2.25. The minimum Gasteiger partial charge on any atom is -0.481 e. The van der Waals surface area contributed by atoms with Crippen molar-refractivity contribution in [1.29, 1.82) is 0 Å². The molecule has 0 spiro atoms. The first-order valence-electron chi connectivity index (χ1n) is 6.00. The maximum Gasteiger partial charge on any atom is 0.311 e. The molecular weight excluding hydrogens is 232 g/mol. The second-order valence-electron chi connectivity index (χ2n) is 3.95. The van der Waals surface area contributed by atoms with Gasteiger partial charge in [-0.2, -0.15) is 0 Å². The van der Waals surface area contributed by atoms with Gasteiger partial charge in [0.2, 0.25) is 5.91 Å². The fourth-order valence-corrected chi connectivity index (χ4v) is 1.81. The highest BCUT2D eigenvalue weighted by Crippen LogP contribution is 2.20. The van der Waals surface area contributed by atoms with Crippen LogP contribution in [0.4, 0.5) is 0 Å². The molecule has 1 aromatic heterocycles. The van der Waals surface area contributed by atoms with Crippen molar-refractivity contribution in [2.24, 2.45) is 0 Å². The molecular formula is C13H18N2O3. The summed E-state index contributed by atoms with van der Waals surface area (Å²) >= 11 is 0. The van der Waals surface area contributed by atoms with E-state index in [1.54, 1.807) is 23.2 Å². The Hall–Kier alpha value is -1.91. The number of amides is 1. The molecule has 1 rings (SSSR count). The average Bonchev–Trinajstić information content (AvgIpc) is 2.38. The molecule has 0 aliphatic carbocycles. The van der Waals surface area contributed by atoms with Crippen LogP contribution in [0.3, 0.4) is 0 Å². The SMILES string of the molecule is CCN(CC)C(=O)CC(C(=O)O)c1cccnc1. The van der Waals surface area contributed by atoms with Crippen LogP contribution in [0.15, 0.2) is 24.5 Å².